The normalized spacial score (nSPS) is 23.8. The number of aromatic nitrogens is 3. The van der Waals surface area contributed by atoms with Crippen LogP contribution < -0.4 is 0 Å². The zero-order valence-electron chi connectivity index (χ0n) is 14.1. The molecule has 2 aliphatic rings. The summed E-state index contributed by atoms with van der Waals surface area (Å²) in [6.45, 7) is 6.93. The van der Waals surface area contributed by atoms with E-state index < -0.39 is 0 Å². The number of hydrogen-bond donors (Lipinski definition) is 0. The number of imidazole rings is 1. The van der Waals surface area contributed by atoms with Crippen molar-refractivity contribution >= 4 is 11.2 Å². The Morgan fingerprint density at radius 2 is 2.00 bits per heavy atom. The molecular weight excluding hydrogens is 286 g/mol. The molecule has 0 saturated carbocycles. The van der Waals surface area contributed by atoms with Crippen LogP contribution in [0.3, 0.4) is 0 Å². The third kappa shape index (κ3) is 3.12. The molecule has 124 valence electrons. The summed E-state index contributed by atoms with van der Waals surface area (Å²) in [4.78, 5) is 14.6. The fourth-order valence-corrected chi connectivity index (χ4v) is 4.08. The molecule has 0 aliphatic carbocycles. The summed E-state index contributed by atoms with van der Waals surface area (Å²) in [5.74, 6) is 1.80. The maximum atomic E-state index is 4.95. The predicted octanol–water partition coefficient (Wildman–Crippen LogP) is 2.34. The van der Waals surface area contributed by atoms with E-state index in [0.29, 0.717) is 5.92 Å². The number of nitrogens with zero attached hydrogens (tertiary/aromatic N) is 5. The minimum Gasteiger partial charge on any atom is -0.311 e. The highest BCUT2D eigenvalue weighted by molar-refractivity contribution is 5.71. The lowest BCUT2D eigenvalue weighted by Crippen LogP contribution is -2.33. The molecule has 2 fully saturated rings. The van der Waals surface area contributed by atoms with Crippen molar-refractivity contribution in [1.82, 2.24) is 24.3 Å². The molecule has 4 heterocycles. The number of rotatable bonds is 4. The lowest BCUT2D eigenvalue weighted by molar-refractivity contribution is 0.220. The van der Waals surface area contributed by atoms with E-state index >= 15 is 0 Å². The van der Waals surface area contributed by atoms with Gasteiger partial charge in [-0.2, -0.15) is 0 Å². The van der Waals surface area contributed by atoms with Gasteiger partial charge in [-0.05, 0) is 58.1 Å². The standard InChI is InChI=1S/C18H27N5/c1-21-11-7-15(14-21)17-20-16-6-5-8-19-18(16)23(17)13-12-22-9-3-2-4-10-22/h5-6,8,15H,2-4,7,9-14H2,1H3. The van der Waals surface area contributed by atoms with E-state index in [0.717, 1.165) is 30.8 Å². The largest absolute Gasteiger partial charge is 0.311 e. The van der Waals surface area contributed by atoms with E-state index in [4.69, 9.17) is 4.98 Å². The SMILES string of the molecule is CN1CCC(c2nc3cccnc3n2CCN2CCCCC2)C1. The van der Waals surface area contributed by atoms with Crippen molar-refractivity contribution in [2.45, 2.75) is 38.1 Å². The summed E-state index contributed by atoms with van der Waals surface area (Å²) >= 11 is 0. The molecule has 0 spiro atoms. The second-order valence-electron chi connectivity index (χ2n) is 7.12. The highest BCUT2D eigenvalue weighted by Gasteiger charge is 2.27. The van der Waals surface area contributed by atoms with E-state index in [2.05, 4.69) is 32.5 Å². The Labute approximate surface area is 138 Å². The molecule has 2 aromatic rings. The average Bonchev–Trinajstić information content (AvgIpc) is 3.17. The molecular formula is C18H27N5. The summed E-state index contributed by atoms with van der Waals surface area (Å²) in [7, 11) is 2.21. The second kappa shape index (κ2) is 6.57. The van der Waals surface area contributed by atoms with Gasteiger partial charge in [0.05, 0.1) is 0 Å². The monoisotopic (exact) mass is 313 g/mol. The Morgan fingerprint density at radius 3 is 2.78 bits per heavy atom. The van der Waals surface area contributed by atoms with Crippen LogP contribution in [0, 0.1) is 0 Å². The van der Waals surface area contributed by atoms with Crippen molar-refractivity contribution in [2.75, 3.05) is 39.8 Å². The van der Waals surface area contributed by atoms with Gasteiger partial charge in [-0.15, -0.1) is 0 Å². The summed E-state index contributed by atoms with van der Waals surface area (Å²) in [5, 5.41) is 0. The Kier molecular flexibility index (Phi) is 4.31. The van der Waals surface area contributed by atoms with Crippen LogP contribution in [0.1, 0.15) is 37.4 Å². The van der Waals surface area contributed by atoms with Gasteiger partial charge in [-0.1, -0.05) is 6.42 Å². The van der Waals surface area contributed by atoms with Crippen LogP contribution in [0.5, 0.6) is 0 Å². The maximum Gasteiger partial charge on any atom is 0.160 e. The first kappa shape index (κ1) is 15.1. The number of hydrogen-bond acceptors (Lipinski definition) is 4. The highest BCUT2D eigenvalue weighted by atomic mass is 15.2. The molecule has 1 unspecified atom stereocenters. The first-order valence-electron chi connectivity index (χ1n) is 9.03. The molecule has 23 heavy (non-hydrogen) atoms. The molecule has 0 aromatic carbocycles. The maximum absolute atomic E-state index is 4.95. The van der Waals surface area contributed by atoms with E-state index in [1.54, 1.807) is 0 Å². The summed E-state index contributed by atoms with van der Waals surface area (Å²) in [6, 6.07) is 4.09. The lowest BCUT2D eigenvalue weighted by Gasteiger charge is -2.27. The Morgan fingerprint density at radius 1 is 1.13 bits per heavy atom. The van der Waals surface area contributed by atoms with Crippen LogP contribution in [-0.2, 0) is 6.54 Å². The summed E-state index contributed by atoms with van der Waals surface area (Å²) < 4.78 is 2.40. The fourth-order valence-electron chi connectivity index (χ4n) is 4.08. The summed E-state index contributed by atoms with van der Waals surface area (Å²) in [6.07, 6.45) is 7.20. The number of fused-ring (bicyclic) bond motifs is 1. The zero-order chi connectivity index (χ0) is 15.6. The number of pyridine rings is 1. The first-order valence-corrected chi connectivity index (χ1v) is 9.03. The van der Waals surface area contributed by atoms with Gasteiger partial charge >= 0.3 is 0 Å². The molecule has 2 aliphatic heterocycles. The van der Waals surface area contributed by atoms with Crippen molar-refractivity contribution in [3.63, 3.8) is 0 Å². The van der Waals surface area contributed by atoms with E-state index in [9.17, 15) is 0 Å². The van der Waals surface area contributed by atoms with Crippen molar-refractivity contribution in [3.8, 4) is 0 Å². The molecule has 5 nitrogen and oxygen atoms in total. The third-order valence-electron chi connectivity index (χ3n) is 5.38. The molecule has 4 rings (SSSR count). The van der Waals surface area contributed by atoms with Gasteiger partial charge in [-0.3, -0.25) is 0 Å². The third-order valence-corrected chi connectivity index (χ3v) is 5.38. The van der Waals surface area contributed by atoms with Crippen LogP contribution in [0.25, 0.3) is 11.2 Å². The number of piperidine rings is 1. The van der Waals surface area contributed by atoms with Gasteiger partial charge in [0.25, 0.3) is 0 Å². The molecule has 2 saturated heterocycles. The predicted molar refractivity (Wildman–Crippen MR) is 92.7 cm³/mol. The topological polar surface area (TPSA) is 37.2 Å². The minimum atomic E-state index is 0.551. The zero-order valence-corrected chi connectivity index (χ0v) is 14.1. The van der Waals surface area contributed by atoms with Crippen LogP contribution in [0.2, 0.25) is 0 Å². The molecule has 1 atom stereocenters. The van der Waals surface area contributed by atoms with E-state index in [1.165, 1.54) is 51.1 Å². The van der Waals surface area contributed by atoms with Gasteiger partial charge in [0.15, 0.2) is 5.65 Å². The summed E-state index contributed by atoms with van der Waals surface area (Å²) in [5.41, 5.74) is 2.12. The van der Waals surface area contributed by atoms with Crippen LogP contribution in [-0.4, -0.2) is 64.1 Å². The number of likely N-dealkylation sites (N-methyl/N-ethyl adjacent to an activating group) is 1. The molecule has 0 amide bonds. The average molecular weight is 313 g/mol. The van der Waals surface area contributed by atoms with Gasteiger partial charge in [-0.25, -0.2) is 9.97 Å². The van der Waals surface area contributed by atoms with Crippen molar-refractivity contribution in [2.24, 2.45) is 0 Å². The van der Waals surface area contributed by atoms with Crippen molar-refractivity contribution in [1.29, 1.82) is 0 Å². The fraction of sp³-hybridized carbons (Fsp3) is 0.667. The van der Waals surface area contributed by atoms with Gasteiger partial charge < -0.3 is 14.4 Å². The number of likely N-dealkylation sites (tertiary alicyclic amines) is 2. The minimum absolute atomic E-state index is 0.551. The molecule has 0 bridgehead atoms. The Bertz CT molecular complexity index is 658. The smallest absolute Gasteiger partial charge is 0.160 e. The highest BCUT2D eigenvalue weighted by Crippen LogP contribution is 2.28. The van der Waals surface area contributed by atoms with Crippen LogP contribution in [0.15, 0.2) is 18.3 Å². The Balaban J connectivity index is 1.60. The van der Waals surface area contributed by atoms with Crippen LogP contribution in [0.4, 0.5) is 0 Å². The molecule has 5 heteroatoms. The quantitative estimate of drug-likeness (QED) is 0.868. The molecule has 0 N–H and O–H groups in total. The van der Waals surface area contributed by atoms with Crippen LogP contribution >= 0.6 is 0 Å². The van der Waals surface area contributed by atoms with Gasteiger partial charge in [0.1, 0.15) is 11.3 Å². The van der Waals surface area contributed by atoms with Crippen molar-refractivity contribution < 1.29 is 0 Å². The van der Waals surface area contributed by atoms with Gasteiger partial charge in [0, 0.05) is 31.7 Å². The lowest BCUT2D eigenvalue weighted by atomic mass is 10.1. The first-order chi connectivity index (χ1) is 11.3. The van der Waals surface area contributed by atoms with E-state index in [1.807, 2.05) is 12.3 Å². The molecule has 2 aromatic heterocycles. The van der Waals surface area contributed by atoms with Gasteiger partial charge in [0.2, 0.25) is 0 Å². The Hall–Kier alpha value is -1.46. The molecule has 0 radical (unpaired) electrons. The second-order valence-corrected chi connectivity index (χ2v) is 7.12. The van der Waals surface area contributed by atoms with Crippen molar-refractivity contribution in [3.05, 3.63) is 24.2 Å². The van der Waals surface area contributed by atoms with E-state index in [-0.39, 0.29) is 0 Å².